The molecule has 0 N–H and O–H groups in total. The molecule has 0 amide bonds. The van der Waals surface area contributed by atoms with Gasteiger partial charge in [-0.05, 0) is 11.6 Å². The van der Waals surface area contributed by atoms with Gasteiger partial charge in [-0.2, -0.15) is 0 Å². The predicted molar refractivity (Wildman–Crippen MR) is 69.1 cm³/mol. The molecule has 98 valence electrons. The Bertz CT molecular complexity index is 359. The highest BCUT2D eigenvalue weighted by Gasteiger charge is 1.97. The zero-order valence-corrected chi connectivity index (χ0v) is 10.5. The topological polar surface area (TPSA) is 44.8 Å². The summed E-state index contributed by atoms with van der Waals surface area (Å²) < 4.78 is 15.4. The average Bonchev–Trinajstić information content (AvgIpc) is 2.42. The highest BCUT2D eigenvalue weighted by molar-refractivity contribution is 5.78. The van der Waals surface area contributed by atoms with Crippen LogP contribution in [0.4, 0.5) is 0 Å². The van der Waals surface area contributed by atoms with Crippen molar-refractivity contribution in [2.75, 3.05) is 33.5 Å². The summed E-state index contributed by atoms with van der Waals surface area (Å²) in [5.41, 5.74) is 0.930. The van der Waals surface area contributed by atoms with Crippen LogP contribution in [0.25, 0.3) is 6.08 Å². The number of aldehydes is 1. The van der Waals surface area contributed by atoms with Crippen molar-refractivity contribution in [1.29, 1.82) is 0 Å². The molecule has 0 unspecified atom stereocenters. The van der Waals surface area contributed by atoms with Crippen LogP contribution in [0.15, 0.2) is 36.1 Å². The van der Waals surface area contributed by atoms with E-state index in [1.807, 2.05) is 30.3 Å². The molecule has 0 aliphatic rings. The fourth-order valence-electron chi connectivity index (χ4n) is 1.29. The van der Waals surface area contributed by atoms with Gasteiger partial charge in [0.1, 0.15) is 6.61 Å². The highest BCUT2D eigenvalue weighted by atomic mass is 16.5. The standard InChI is InChI=1S/C14H18O4/c1-16-7-8-17-9-10-18-14(12-15)11-13-5-3-2-4-6-13/h2-6,11-12H,7-10H2,1H3. The lowest BCUT2D eigenvalue weighted by Crippen LogP contribution is -2.08. The van der Waals surface area contributed by atoms with Gasteiger partial charge >= 0.3 is 0 Å². The largest absolute Gasteiger partial charge is 0.488 e. The van der Waals surface area contributed by atoms with Crippen molar-refractivity contribution >= 4 is 12.4 Å². The quantitative estimate of drug-likeness (QED) is 0.291. The van der Waals surface area contributed by atoms with E-state index in [9.17, 15) is 4.79 Å². The number of hydrogen-bond acceptors (Lipinski definition) is 4. The first-order valence-corrected chi connectivity index (χ1v) is 5.78. The average molecular weight is 250 g/mol. The molecule has 0 radical (unpaired) electrons. The summed E-state index contributed by atoms with van der Waals surface area (Å²) in [5.74, 6) is 0.302. The lowest BCUT2D eigenvalue weighted by atomic mass is 10.2. The molecule has 0 aromatic heterocycles. The SMILES string of the molecule is COCCOCCOC(C=O)=Cc1ccccc1. The third-order valence-corrected chi connectivity index (χ3v) is 2.15. The highest BCUT2D eigenvalue weighted by Crippen LogP contribution is 2.05. The van der Waals surface area contributed by atoms with Crippen LogP contribution in [-0.4, -0.2) is 39.8 Å². The van der Waals surface area contributed by atoms with Crippen molar-refractivity contribution in [1.82, 2.24) is 0 Å². The molecule has 4 nitrogen and oxygen atoms in total. The summed E-state index contributed by atoms with van der Waals surface area (Å²) in [4.78, 5) is 10.8. The summed E-state index contributed by atoms with van der Waals surface area (Å²) in [7, 11) is 1.62. The van der Waals surface area contributed by atoms with Gasteiger partial charge < -0.3 is 14.2 Å². The van der Waals surface area contributed by atoms with Gasteiger partial charge in [0.25, 0.3) is 0 Å². The summed E-state index contributed by atoms with van der Waals surface area (Å²) in [5, 5.41) is 0. The summed E-state index contributed by atoms with van der Waals surface area (Å²) in [6.45, 7) is 1.86. The minimum Gasteiger partial charge on any atom is -0.488 e. The Hall–Kier alpha value is -1.65. The Kier molecular flexibility index (Phi) is 7.52. The third-order valence-electron chi connectivity index (χ3n) is 2.15. The molecule has 0 aliphatic heterocycles. The zero-order valence-electron chi connectivity index (χ0n) is 10.5. The summed E-state index contributed by atoms with van der Waals surface area (Å²) in [6, 6.07) is 9.54. The molecular formula is C14H18O4. The van der Waals surface area contributed by atoms with E-state index >= 15 is 0 Å². The normalized spacial score (nSPS) is 11.3. The van der Waals surface area contributed by atoms with Crippen LogP contribution in [0.5, 0.6) is 0 Å². The second-order valence-corrected chi connectivity index (χ2v) is 3.53. The smallest absolute Gasteiger partial charge is 0.184 e. The maximum Gasteiger partial charge on any atom is 0.184 e. The molecule has 0 aliphatic carbocycles. The van der Waals surface area contributed by atoms with Gasteiger partial charge in [0.15, 0.2) is 12.0 Å². The minimum absolute atomic E-state index is 0.302. The number of hydrogen-bond donors (Lipinski definition) is 0. The molecule has 0 saturated carbocycles. The Morgan fingerprint density at radius 1 is 1.11 bits per heavy atom. The molecular weight excluding hydrogens is 232 g/mol. The van der Waals surface area contributed by atoms with Gasteiger partial charge in [0, 0.05) is 7.11 Å². The summed E-state index contributed by atoms with van der Waals surface area (Å²) in [6.07, 6.45) is 2.39. The lowest BCUT2D eigenvalue weighted by Gasteiger charge is -2.06. The zero-order chi connectivity index (χ0) is 13.1. The van der Waals surface area contributed by atoms with Crippen molar-refractivity contribution in [2.45, 2.75) is 0 Å². The van der Waals surface area contributed by atoms with Gasteiger partial charge in [-0.25, -0.2) is 0 Å². The van der Waals surface area contributed by atoms with Crippen LogP contribution in [0.2, 0.25) is 0 Å². The Balaban J connectivity index is 2.30. The van der Waals surface area contributed by atoms with Gasteiger partial charge in [0.2, 0.25) is 0 Å². The maximum atomic E-state index is 10.8. The molecule has 0 fully saturated rings. The minimum atomic E-state index is 0.302. The molecule has 18 heavy (non-hydrogen) atoms. The number of rotatable bonds is 9. The molecule has 0 atom stereocenters. The van der Waals surface area contributed by atoms with Crippen molar-refractivity contribution in [3.05, 3.63) is 41.7 Å². The van der Waals surface area contributed by atoms with Crippen LogP contribution in [-0.2, 0) is 19.0 Å². The van der Waals surface area contributed by atoms with E-state index in [4.69, 9.17) is 14.2 Å². The maximum absolute atomic E-state index is 10.8. The summed E-state index contributed by atoms with van der Waals surface area (Å²) >= 11 is 0. The van der Waals surface area contributed by atoms with Crippen LogP contribution in [0, 0.1) is 0 Å². The fourth-order valence-corrected chi connectivity index (χ4v) is 1.29. The van der Waals surface area contributed by atoms with Gasteiger partial charge in [-0.15, -0.1) is 0 Å². The molecule has 0 heterocycles. The fraction of sp³-hybridized carbons (Fsp3) is 0.357. The first-order valence-electron chi connectivity index (χ1n) is 5.78. The third kappa shape index (κ3) is 6.18. The van der Waals surface area contributed by atoms with Crippen molar-refractivity contribution in [3.8, 4) is 0 Å². The second-order valence-electron chi connectivity index (χ2n) is 3.53. The first kappa shape index (κ1) is 14.4. The van der Waals surface area contributed by atoms with E-state index in [-0.39, 0.29) is 0 Å². The number of allylic oxidation sites excluding steroid dienone is 1. The molecule has 1 aromatic rings. The van der Waals surface area contributed by atoms with E-state index in [1.54, 1.807) is 13.2 Å². The molecule has 1 rings (SSSR count). The number of carbonyl (C=O) groups excluding carboxylic acids is 1. The van der Waals surface area contributed by atoms with E-state index in [1.165, 1.54) is 0 Å². The van der Waals surface area contributed by atoms with Gasteiger partial charge in [0.05, 0.1) is 19.8 Å². The molecule has 1 aromatic carbocycles. The molecule has 0 spiro atoms. The molecule has 0 saturated heterocycles. The molecule has 4 heteroatoms. The van der Waals surface area contributed by atoms with E-state index in [2.05, 4.69) is 0 Å². The van der Waals surface area contributed by atoms with Crippen LogP contribution in [0.1, 0.15) is 5.56 Å². The van der Waals surface area contributed by atoms with E-state index < -0.39 is 0 Å². The van der Waals surface area contributed by atoms with E-state index in [0.29, 0.717) is 38.5 Å². The second kappa shape index (κ2) is 9.39. The van der Waals surface area contributed by atoms with Crippen LogP contribution in [0.3, 0.4) is 0 Å². The van der Waals surface area contributed by atoms with Crippen molar-refractivity contribution in [2.24, 2.45) is 0 Å². The van der Waals surface area contributed by atoms with Crippen molar-refractivity contribution < 1.29 is 19.0 Å². The number of carbonyl (C=O) groups is 1. The lowest BCUT2D eigenvalue weighted by molar-refractivity contribution is -0.108. The van der Waals surface area contributed by atoms with E-state index in [0.717, 1.165) is 5.56 Å². The monoisotopic (exact) mass is 250 g/mol. The number of benzene rings is 1. The predicted octanol–water partition coefficient (Wildman–Crippen LogP) is 1.91. The Morgan fingerprint density at radius 3 is 2.50 bits per heavy atom. The Morgan fingerprint density at radius 2 is 1.83 bits per heavy atom. The van der Waals surface area contributed by atoms with Gasteiger partial charge in [-0.1, -0.05) is 30.3 Å². The number of methoxy groups -OCH3 is 1. The van der Waals surface area contributed by atoms with Crippen LogP contribution < -0.4 is 0 Å². The number of ether oxygens (including phenoxy) is 3. The van der Waals surface area contributed by atoms with Gasteiger partial charge in [-0.3, -0.25) is 4.79 Å². The first-order chi connectivity index (χ1) is 8.86. The molecule has 0 bridgehead atoms. The van der Waals surface area contributed by atoms with Crippen LogP contribution >= 0.6 is 0 Å². The van der Waals surface area contributed by atoms with Crippen molar-refractivity contribution in [3.63, 3.8) is 0 Å². The Labute approximate surface area is 107 Å².